The van der Waals surface area contributed by atoms with Crippen LogP contribution >= 0.6 is 11.6 Å². The number of methoxy groups -OCH3 is 1. The van der Waals surface area contributed by atoms with Gasteiger partial charge in [0.2, 0.25) is 0 Å². The van der Waals surface area contributed by atoms with Crippen molar-refractivity contribution in [2.45, 2.75) is 6.92 Å². The van der Waals surface area contributed by atoms with Crippen LogP contribution in [0.15, 0.2) is 12.1 Å². The van der Waals surface area contributed by atoms with E-state index in [2.05, 4.69) is 0 Å². The second kappa shape index (κ2) is 3.62. The van der Waals surface area contributed by atoms with Gasteiger partial charge < -0.3 is 4.74 Å². The molecule has 5 heteroatoms. The van der Waals surface area contributed by atoms with Crippen molar-refractivity contribution in [1.82, 2.24) is 0 Å². The fraction of sp³-hybridized carbons (Fsp3) is 0.250. The molecule has 0 amide bonds. The molecule has 0 heterocycles. The number of halogens is 1. The fourth-order valence-electron chi connectivity index (χ4n) is 1.01. The van der Waals surface area contributed by atoms with Crippen LogP contribution in [-0.4, -0.2) is 12.0 Å². The Morgan fingerprint density at radius 3 is 2.62 bits per heavy atom. The number of nitro benzene ring substituents is 1. The summed E-state index contributed by atoms with van der Waals surface area (Å²) >= 11 is 5.81. The van der Waals surface area contributed by atoms with Gasteiger partial charge in [-0.2, -0.15) is 0 Å². The van der Waals surface area contributed by atoms with Crippen molar-refractivity contribution >= 4 is 17.3 Å². The third-order valence-electron chi connectivity index (χ3n) is 1.74. The van der Waals surface area contributed by atoms with Crippen LogP contribution in [-0.2, 0) is 0 Å². The van der Waals surface area contributed by atoms with Crippen molar-refractivity contribution in [2.75, 3.05) is 7.11 Å². The van der Waals surface area contributed by atoms with Crippen molar-refractivity contribution in [3.05, 3.63) is 32.8 Å². The van der Waals surface area contributed by atoms with Gasteiger partial charge in [0, 0.05) is 11.6 Å². The van der Waals surface area contributed by atoms with E-state index < -0.39 is 4.92 Å². The van der Waals surface area contributed by atoms with Gasteiger partial charge in [0.25, 0.3) is 5.69 Å². The number of hydrogen-bond acceptors (Lipinski definition) is 3. The summed E-state index contributed by atoms with van der Waals surface area (Å²) in [5, 5.41) is 10.8. The van der Waals surface area contributed by atoms with Crippen molar-refractivity contribution in [2.24, 2.45) is 0 Å². The van der Waals surface area contributed by atoms with Gasteiger partial charge in [-0.1, -0.05) is 11.6 Å². The molecule has 4 nitrogen and oxygen atoms in total. The number of benzene rings is 1. The molecule has 0 atom stereocenters. The maximum Gasteiger partial charge on any atom is 0.274 e. The third-order valence-corrected chi connectivity index (χ3v) is 2.21. The summed E-state index contributed by atoms with van der Waals surface area (Å²) in [6, 6.07) is 2.85. The first-order valence-corrected chi connectivity index (χ1v) is 3.93. The van der Waals surface area contributed by atoms with E-state index in [0.717, 1.165) is 0 Å². The minimum atomic E-state index is -0.472. The highest BCUT2D eigenvalue weighted by Crippen LogP contribution is 2.33. The largest absolute Gasteiger partial charge is 0.495 e. The molecule has 70 valence electrons. The third kappa shape index (κ3) is 1.72. The highest BCUT2D eigenvalue weighted by atomic mass is 35.5. The number of nitro groups is 1. The van der Waals surface area contributed by atoms with E-state index in [1.165, 1.54) is 19.2 Å². The average Bonchev–Trinajstić information content (AvgIpc) is 2.09. The van der Waals surface area contributed by atoms with Gasteiger partial charge in [0.1, 0.15) is 5.75 Å². The first-order valence-electron chi connectivity index (χ1n) is 3.55. The Hall–Kier alpha value is -1.29. The topological polar surface area (TPSA) is 52.4 Å². The molecule has 1 rings (SSSR count). The van der Waals surface area contributed by atoms with E-state index in [0.29, 0.717) is 11.3 Å². The van der Waals surface area contributed by atoms with Gasteiger partial charge >= 0.3 is 0 Å². The molecule has 0 N–H and O–H groups in total. The molecular formula is C8H8ClNO3. The summed E-state index contributed by atoms with van der Waals surface area (Å²) in [4.78, 5) is 10.0. The maximum atomic E-state index is 10.5. The summed E-state index contributed by atoms with van der Waals surface area (Å²) in [6.07, 6.45) is 0. The lowest BCUT2D eigenvalue weighted by Crippen LogP contribution is -1.94. The molecule has 0 spiro atoms. The Bertz CT molecular complexity index is 351. The van der Waals surface area contributed by atoms with E-state index in [1.54, 1.807) is 6.92 Å². The molecule has 0 aliphatic heterocycles. The smallest absolute Gasteiger partial charge is 0.274 e. The molecule has 13 heavy (non-hydrogen) atoms. The monoisotopic (exact) mass is 201 g/mol. The standard InChI is InChI=1S/C8H8ClNO3/c1-5-6(10(11)12)3-4-7(13-2)8(5)9/h3-4H,1-2H3. The van der Waals surface area contributed by atoms with E-state index >= 15 is 0 Å². The number of hydrogen-bond donors (Lipinski definition) is 0. The zero-order valence-corrected chi connectivity index (χ0v) is 7.96. The molecular weight excluding hydrogens is 194 g/mol. The van der Waals surface area contributed by atoms with Crippen molar-refractivity contribution in [3.63, 3.8) is 0 Å². The summed E-state index contributed by atoms with van der Waals surface area (Å²) in [7, 11) is 1.46. The van der Waals surface area contributed by atoms with E-state index in [9.17, 15) is 10.1 Å². The van der Waals surface area contributed by atoms with Crippen LogP contribution < -0.4 is 4.74 Å². The Kier molecular flexibility index (Phi) is 2.72. The second-order valence-electron chi connectivity index (χ2n) is 2.48. The van der Waals surface area contributed by atoms with Crippen LogP contribution in [0.5, 0.6) is 5.75 Å². The lowest BCUT2D eigenvalue weighted by atomic mass is 10.2. The molecule has 0 fully saturated rings. The zero-order chi connectivity index (χ0) is 10.0. The Balaban J connectivity index is 3.31. The first-order chi connectivity index (χ1) is 6.07. The van der Waals surface area contributed by atoms with E-state index in [-0.39, 0.29) is 10.7 Å². The average molecular weight is 202 g/mol. The van der Waals surface area contributed by atoms with Gasteiger partial charge in [-0.3, -0.25) is 10.1 Å². The molecule has 0 radical (unpaired) electrons. The van der Waals surface area contributed by atoms with E-state index in [4.69, 9.17) is 16.3 Å². The first kappa shape index (κ1) is 9.80. The highest BCUT2D eigenvalue weighted by molar-refractivity contribution is 6.33. The summed E-state index contributed by atoms with van der Waals surface area (Å²) in [6.45, 7) is 1.59. The van der Waals surface area contributed by atoms with Crippen LogP contribution in [0.1, 0.15) is 5.56 Å². The molecule has 0 aromatic heterocycles. The van der Waals surface area contributed by atoms with Crippen LogP contribution in [0.2, 0.25) is 5.02 Å². The minimum absolute atomic E-state index is 0.00537. The van der Waals surface area contributed by atoms with Crippen molar-refractivity contribution < 1.29 is 9.66 Å². The van der Waals surface area contributed by atoms with Gasteiger partial charge in [0.15, 0.2) is 0 Å². The predicted octanol–water partition coefficient (Wildman–Crippen LogP) is 2.57. The number of rotatable bonds is 2. The maximum absolute atomic E-state index is 10.5. The van der Waals surface area contributed by atoms with Crippen molar-refractivity contribution in [3.8, 4) is 5.75 Å². The van der Waals surface area contributed by atoms with Crippen LogP contribution in [0.3, 0.4) is 0 Å². The SMILES string of the molecule is COc1ccc([N+](=O)[O-])c(C)c1Cl. The lowest BCUT2D eigenvalue weighted by molar-refractivity contribution is -0.385. The Morgan fingerprint density at radius 1 is 1.54 bits per heavy atom. The van der Waals surface area contributed by atoms with Gasteiger partial charge in [0.05, 0.1) is 17.1 Å². The van der Waals surface area contributed by atoms with Crippen LogP contribution in [0.25, 0.3) is 0 Å². The fourth-order valence-corrected chi connectivity index (χ4v) is 1.24. The van der Waals surface area contributed by atoms with Gasteiger partial charge in [-0.05, 0) is 13.0 Å². The normalized spacial score (nSPS) is 9.77. The summed E-state index contributed by atoms with van der Waals surface area (Å²) in [5.74, 6) is 0.449. The Labute approximate surface area is 80.2 Å². The molecule has 0 aliphatic carbocycles. The molecule has 1 aromatic rings. The lowest BCUT2D eigenvalue weighted by Gasteiger charge is -2.05. The van der Waals surface area contributed by atoms with Crippen molar-refractivity contribution in [1.29, 1.82) is 0 Å². The quantitative estimate of drug-likeness (QED) is 0.546. The minimum Gasteiger partial charge on any atom is -0.495 e. The second-order valence-corrected chi connectivity index (χ2v) is 2.86. The molecule has 0 aliphatic rings. The number of ether oxygens (including phenoxy) is 1. The predicted molar refractivity (Wildman–Crippen MR) is 49.4 cm³/mol. The zero-order valence-electron chi connectivity index (χ0n) is 7.20. The van der Waals surface area contributed by atoms with Gasteiger partial charge in [-0.25, -0.2) is 0 Å². The summed E-state index contributed by atoms with van der Waals surface area (Å²) in [5.41, 5.74) is 0.428. The molecule has 1 aromatic carbocycles. The van der Waals surface area contributed by atoms with E-state index in [1.807, 2.05) is 0 Å². The summed E-state index contributed by atoms with van der Waals surface area (Å²) < 4.78 is 4.91. The van der Waals surface area contributed by atoms with Gasteiger partial charge in [-0.15, -0.1) is 0 Å². The molecule has 0 saturated carbocycles. The molecule has 0 unspecified atom stereocenters. The van der Waals surface area contributed by atoms with Crippen LogP contribution in [0.4, 0.5) is 5.69 Å². The van der Waals surface area contributed by atoms with Crippen LogP contribution in [0, 0.1) is 17.0 Å². The Morgan fingerprint density at radius 2 is 2.15 bits per heavy atom. The number of nitrogens with zero attached hydrogens (tertiary/aromatic N) is 1. The molecule has 0 saturated heterocycles. The highest BCUT2D eigenvalue weighted by Gasteiger charge is 2.15. The molecule has 0 bridgehead atoms.